The number of nitrogens with one attached hydrogen (secondary N) is 3. The maximum atomic E-state index is 12.4. The Hall–Kier alpha value is -2.86. The maximum absolute atomic E-state index is 12.4. The van der Waals surface area contributed by atoms with Crippen molar-refractivity contribution in [2.45, 2.75) is 52.3 Å². The van der Waals surface area contributed by atoms with Gasteiger partial charge >= 0.3 is 6.09 Å². The minimum Gasteiger partial charge on any atom is -0.444 e. The molecule has 0 bridgehead atoms. The minimum absolute atomic E-state index is 0.149. The molecule has 0 unspecified atom stereocenters. The van der Waals surface area contributed by atoms with Crippen molar-refractivity contribution in [3.05, 3.63) is 65.2 Å². The fourth-order valence-corrected chi connectivity index (χ4v) is 3.53. The van der Waals surface area contributed by atoms with E-state index >= 15 is 0 Å². The molecule has 2 amide bonds. The molecule has 160 valence electrons. The number of rotatable bonds is 6. The smallest absolute Gasteiger partial charge is 0.412 e. The molecule has 30 heavy (non-hydrogen) atoms. The molecule has 0 aromatic heterocycles. The fourth-order valence-electron chi connectivity index (χ4n) is 3.53. The molecule has 1 aliphatic heterocycles. The Balaban J connectivity index is 1.46. The molecular formula is C24H32N3O3+. The Kier molecular flexibility index (Phi) is 7.11. The Morgan fingerprint density at radius 1 is 0.933 bits per heavy atom. The lowest BCUT2D eigenvalue weighted by atomic mass is 10.1. The zero-order valence-corrected chi connectivity index (χ0v) is 18.1. The van der Waals surface area contributed by atoms with Crippen molar-refractivity contribution in [1.29, 1.82) is 0 Å². The number of amides is 2. The van der Waals surface area contributed by atoms with Crippen molar-refractivity contribution in [1.82, 2.24) is 5.32 Å². The normalized spacial score (nSPS) is 14.4. The first-order valence-corrected chi connectivity index (χ1v) is 10.6. The first-order valence-electron chi connectivity index (χ1n) is 10.6. The van der Waals surface area contributed by atoms with Crippen LogP contribution in [0.3, 0.4) is 0 Å². The summed E-state index contributed by atoms with van der Waals surface area (Å²) in [5.41, 5.74) is 2.98. The topological polar surface area (TPSA) is 71.9 Å². The van der Waals surface area contributed by atoms with Crippen LogP contribution in [0.4, 0.5) is 10.5 Å². The molecule has 0 aliphatic carbocycles. The second kappa shape index (κ2) is 9.76. The number of hydrogen-bond acceptors (Lipinski definition) is 3. The van der Waals surface area contributed by atoms with Gasteiger partial charge in [0.2, 0.25) is 0 Å². The number of hydrogen-bond donors (Lipinski definition) is 3. The standard InChI is InChI=1S/C24H31N3O3/c1-24(2,3)30-23(29)26-21-12-10-20(11-13-21)22(28)25-16-18-6-8-19(9-7-18)17-27-14-4-5-15-27/h6-13H,4-5,14-17H2,1-3H3,(H,25,28)(H,26,29)/p+1. The minimum atomic E-state index is -0.558. The van der Waals surface area contributed by atoms with Crippen molar-refractivity contribution in [2.24, 2.45) is 0 Å². The highest BCUT2D eigenvalue weighted by atomic mass is 16.6. The predicted molar refractivity (Wildman–Crippen MR) is 118 cm³/mol. The molecular weight excluding hydrogens is 378 g/mol. The number of benzene rings is 2. The molecule has 0 spiro atoms. The monoisotopic (exact) mass is 410 g/mol. The van der Waals surface area contributed by atoms with Gasteiger partial charge in [-0.05, 0) is 50.6 Å². The van der Waals surface area contributed by atoms with E-state index in [2.05, 4.69) is 34.9 Å². The van der Waals surface area contributed by atoms with Crippen LogP contribution in [-0.4, -0.2) is 30.7 Å². The summed E-state index contributed by atoms with van der Waals surface area (Å²) in [5, 5.41) is 5.60. The predicted octanol–water partition coefficient (Wildman–Crippen LogP) is 3.14. The molecule has 1 heterocycles. The van der Waals surface area contributed by atoms with Crippen LogP contribution in [0.2, 0.25) is 0 Å². The van der Waals surface area contributed by atoms with Crippen molar-refractivity contribution in [3.63, 3.8) is 0 Å². The van der Waals surface area contributed by atoms with Crippen molar-refractivity contribution in [2.75, 3.05) is 18.4 Å². The molecule has 0 atom stereocenters. The second-order valence-corrected chi connectivity index (χ2v) is 8.84. The number of ether oxygens (including phenoxy) is 1. The van der Waals surface area contributed by atoms with Gasteiger partial charge in [-0.2, -0.15) is 0 Å². The first kappa shape index (κ1) is 21.8. The molecule has 1 saturated heterocycles. The molecule has 6 heteroatoms. The maximum Gasteiger partial charge on any atom is 0.412 e. The number of carbonyl (C=O) groups excluding carboxylic acids is 2. The third-order valence-corrected chi connectivity index (χ3v) is 5.03. The molecule has 3 rings (SSSR count). The Labute approximate surface area is 178 Å². The van der Waals surface area contributed by atoms with E-state index in [0.29, 0.717) is 17.8 Å². The van der Waals surface area contributed by atoms with Crippen LogP contribution in [0.5, 0.6) is 0 Å². The van der Waals surface area contributed by atoms with Crippen LogP contribution in [0.1, 0.15) is 55.1 Å². The summed E-state index contributed by atoms with van der Waals surface area (Å²) in [6.45, 7) is 9.52. The largest absolute Gasteiger partial charge is 0.444 e. The van der Waals surface area contributed by atoms with Gasteiger partial charge in [-0.1, -0.05) is 24.3 Å². The SMILES string of the molecule is CC(C)(C)OC(=O)Nc1ccc(C(=O)NCc2ccc(C[NH+]3CCCC3)cc2)cc1. The molecule has 2 aromatic carbocycles. The third kappa shape index (κ3) is 6.88. The van der Waals surface area contributed by atoms with Gasteiger partial charge < -0.3 is 15.0 Å². The molecule has 3 N–H and O–H groups in total. The first-order chi connectivity index (χ1) is 14.3. The number of quaternary nitrogens is 1. The highest BCUT2D eigenvalue weighted by Gasteiger charge is 2.17. The summed E-state index contributed by atoms with van der Waals surface area (Å²) >= 11 is 0. The van der Waals surface area contributed by atoms with Gasteiger partial charge in [0, 0.05) is 36.2 Å². The third-order valence-electron chi connectivity index (χ3n) is 5.03. The summed E-state index contributed by atoms with van der Waals surface area (Å²) in [7, 11) is 0. The molecule has 1 aliphatic rings. The van der Waals surface area contributed by atoms with E-state index in [4.69, 9.17) is 4.74 Å². The van der Waals surface area contributed by atoms with Gasteiger partial charge in [-0.3, -0.25) is 10.1 Å². The molecule has 2 aromatic rings. The van der Waals surface area contributed by atoms with E-state index in [0.717, 1.165) is 12.1 Å². The molecule has 6 nitrogen and oxygen atoms in total. The van der Waals surface area contributed by atoms with Crippen LogP contribution < -0.4 is 15.5 Å². The van der Waals surface area contributed by atoms with Gasteiger partial charge in [-0.15, -0.1) is 0 Å². The second-order valence-electron chi connectivity index (χ2n) is 8.84. The van der Waals surface area contributed by atoms with Gasteiger partial charge in [0.05, 0.1) is 13.1 Å². The number of carbonyl (C=O) groups is 2. The Morgan fingerprint density at radius 2 is 1.53 bits per heavy atom. The number of likely N-dealkylation sites (tertiary alicyclic amines) is 1. The van der Waals surface area contributed by atoms with Crippen LogP contribution >= 0.6 is 0 Å². The van der Waals surface area contributed by atoms with Gasteiger partial charge in [0.25, 0.3) is 5.91 Å². The van der Waals surface area contributed by atoms with Crippen LogP contribution in [0.15, 0.2) is 48.5 Å². The van der Waals surface area contributed by atoms with Gasteiger partial charge in [-0.25, -0.2) is 4.79 Å². The zero-order chi connectivity index (χ0) is 21.6. The summed E-state index contributed by atoms with van der Waals surface area (Å²) in [5.74, 6) is -0.149. The van der Waals surface area contributed by atoms with E-state index in [1.54, 1.807) is 29.2 Å². The summed E-state index contributed by atoms with van der Waals surface area (Å²) in [6.07, 6.45) is 2.14. The molecule has 0 saturated carbocycles. The molecule has 0 radical (unpaired) electrons. The highest BCUT2D eigenvalue weighted by Crippen LogP contribution is 2.13. The summed E-state index contributed by atoms with van der Waals surface area (Å²) in [4.78, 5) is 25.9. The van der Waals surface area contributed by atoms with Gasteiger partial charge in [0.15, 0.2) is 0 Å². The Morgan fingerprint density at radius 3 is 2.13 bits per heavy atom. The van der Waals surface area contributed by atoms with E-state index in [-0.39, 0.29) is 5.91 Å². The molecule has 1 fully saturated rings. The van der Waals surface area contributed by atoms with Crippen LogP contribution in [0, 0.1) is 0 Å². The van der Waals surface area contributed by atoms with E-state index < -0.39 is 11.7 Å². The quantitative estimate of drug-likeness (QED) is 0.685. The summed E-state index contributed by atoms with van der Waals surface area (Å²) in [6, 6.07) is 15.2. The highest BCUT2D eigenvalue weighted by molar-refractivity contribution is 5.95. The van der Waals surface area contributed by atoms with Gasteiger partial charge in [0.1, 0.15) is 12.1 Å². The average Bonchev–Trinajstić information content (AvgIpc) is 3.19. The van der Waals surface area contributed by atoms with E-state index in [9.17, 15) is 9.59 Å². The fraction of sp³-hybridized carbons (Fsp3) is 0.417. The van der Waals surface area contributed by atoms with Crippen LogP contribution in [0.25, 0.3) is 0 Å². The lowest BCUT2D eigenvalue weighted by Gasteiger charge is -2.19. The lowest BCUT2D eigenvalue weighted by Crippen LogP contribution is -3.08. The van der Waals surface area contributed by atoms with Crippen molar-refractivity contribution >= 4 is 17.7 Å². The summed E-state index contributed by atoms with van der Waals surface area (Å²) < 4.78 is 5.22. The van der Waals surface area contributed by atoms with Crippen molar-refractivity contribution < 1.29 is 19.2 Å². The zero-order valence-electron chi connectivity index (χ0n) is 18.1. The number of anilines is 1. The Bertz CT molecular complexity index is 849. The lowest BCUT2D eigenvalue weighted by molar-refractivity contribution is -0.901. The van der Waals surface area contributed by atoms with E-state index in [1.165, 1.54) is 31.5 Å². The average molecular weight is 411 g/mol. The van der Waals surface area contributed by atoms with E-state index in [1.807, 2.05) is 20.8 Å². The van der Waals surface area contributed by atoms with Crippen LogP contribution in [-0.2, 0) is 17.8 Å². The van der Waals surface area contributed by atoms with Crippen molar-refractivity contribution in [3.8, 4) is 0 Å².